The second-order valence-electron chi connectivity index (χ2n) is 6.70. The molecule has 1 unspecified atom stereocenters. The number of amides is 1. The third-order valence-corrected chi connectivity index (χ3v) is 3.90. The van der Waals surface area contributed by atoms with Crippen molar-refractivity contribution in [3.63, 3.8) is 0 Å². The van der Waals surface area contributed by atoms with Crippen molar-refractivity contribution in [1.82, 2.24) is 10.6 Å². The molecule has 0 saturated carbocycles. The molecule has 0 aromatic heterocycles. The monoisotopic (exact) mass is 274 g/mol. The van der Waals surface area contributed by atoms with Crippen LogP contribution < -0.4 is 10.6 Å². The summed E-state index contributed by atoms with van der Waals surface area (Å²) in [4.78, 5) is 12.2. The van der Waals surface area contributed by atoms with Gasteiger partial charge >= 0.3 is 0 Å². The Balaban J connectivity index is 1.98. The van der Waals surface area contributed by atoms with Gasteiger partial charge in [-0.1, -0.05) is 39.3 Å². The van der Waals surface area contributed by atoms with E-state index in [9.17, 15) is 4.79 Å². The molecule has 1 aliphatic heterocycles. The Morgan fingerprint density at radius 1 is 1.20 bits per heavy atom. The van der Waals surface area contributed by atoms with Crippen LogP contribution in [0.3, 0.4) is 0 Å². The van der Waals surface area contributed by atoms with Gasteiger partial charge in [-0.05, 0) is 42.5 Å². The third kappa shape index (κ3) is 4.07. The molecule has 3 heteroatoms. The second kappa shape index (κ2) is 6.40. The van der Waals surface area contributed by atoms with E-state index in [2.05, 4.69) is 43.5 Å². The van der Waals surface area contributed by atoms with E-state index in [1.54, 1.807) is 0 Å². The Hall–Kier alpha value is -1.35. The van der Waals surface area contributed by atoms with Crippen LogP contribution in [0.2, 0.25) is 0 Å². The molecule has 2 N–H and O–H groups in total. The van der Waals surface area contributed by atoms with Crippen molar-refractivity contribution < 1.29 is 4.79 Å². The summed E-state index contributed by atoms with van der Waals surface area (Å²) in [5.41, 5.74) is 2.13. The Morgan fingerprint density at radius 2 is 1.90 bits per heavy atom. The van der Waals surface area contributed by atoms with Crippen molar-refractivity contribution in [3.05, 3.63) is 35.4 Å². The van der Waals surface area contributed by atoms with Gasteiger partial charge in [0.15, 0.2) is 0 Å². The minimum Gasteiger partial charge on any atom is -0.348 e. The van der Waals surface area contributed by atoms with E-state index < -0.39 is 0 Å². The molecular formula is C17H26N2O. The maximum absolute atomic E-state index is 12.2. The zero-order chi connectivity index (χ0) is 14.6. The topological polar surface area (TPSA) is 41.1 Å². The lowest BCUT2D eigenvalue weighted by Gasteiger charge is -2.20. The fourth-order valence-electron chi connectivity index (χ4n) is 2.53. The van der Waals surface area contributed by atoms with Gasteiger partial charge < -0.3 is 10.6 Å². The number of benzene rings is 1. The normalized spacial score (nSPS) is 20.2. The summed E-state index contributed by atoms with van der Waals surface area (Å²) in [5.74, 6) is 0.0409. The van der Waals surface area contributed by atoms with Crippen molar-refractivity contribution in [2.75, 3.05) is 13.1 Å². The van der Waals surface area contributed by atoms with Crippen LogP contribution in [-0.2, 0) is 5.41 Å². The molecule has 0 bridgehead atoms. The molecule has 1 aliphatic rings. The molecule has 20 heavy (non-hydrogen) atoms. The lowest BCUT2D eigenvalue weighted by Crippen LogP contribution is -2.40. The van der Waals surface area contributed by atoms with Crippen molar-refractivity contribution >= 4 is 5.91 Å². The largest absolute Gasteiger partial charge is 0.348 e. The van der Waals surface area contributed by atoms with Crippen molar-refractivity contribution in [2.24, 2.45) is 0 Å². The number of rotatable bonds is 2. The molecule has 1 amide bonds. The summed E-state index contributed by atoms with van der Waals surface area (Å²) in [5, 5.41) is 6.50. The Bertz CT molecular complexity index is 437. The van der Waals surface area contributed by atoms with Crippen LogP contribution in [0.1, 0.15) is 56.0 Å². The lowest BCUT2D eigenvalue weighted by molar-refractivity contribution is 0.0935. The maximum atomic E-state index is 12.2. The Morgan fingerprint density at radius 3 is 2.55 bits per heavy atom. The summed E-state index contributed by atoms with van der Waals surface area (Å²) in [6, 6.07) is 8.23. The number of carbonyl (C=O) groups is 1. The van der Waals surface area contributed by atoms with Crippen LogP contribution in [0.4, 0.5) is 0 Å². The zero-order valence-electron chi connectivity index (χ0n) is 12.8. The first-order chi connectivity index (χ1) is 9.47. The van der Waals surface area contributed by atoms with Crippen molar-refractivity contribution in [2.45, 2.75) is 51.5 Å². The first kappa shape index (κ1) is 15.0. The van der Waals surface area contributed by atoms with Crippen LogP contribution in [0.5, 0.6) is 0 Å². The van der Waals surface area contributed by atoms with Gasteiger partial charge in [0.2, 0.25) is 0 Å². The number of nitrogens with one attached hydrogen (secondary N) is 2. The smallest absolute Gasteiger partial charge is 0.251 e. The minimum atomic E-state index is 0.0409. The van der Waals surface area contributed by atoms with Crippen LogP contribution in [0.25, 0.3) is 0 Å². The number of hydrogen-bond acceptors (Lipinski definition) is 2. The molecule has 1 aromatic carbocycles. The summed E-state index contributed by atoms with van der Waals surface area (Å²) in [7, 11) is 0. The average Bonchev–Trinajstić information content (AvgIpc) is 2.66. The highest BCUT2D eigenvalue weighted by Crippen LogP contribution is 2.22. The molecule has 0 radical (unpaired) electrons. The van der Waals surface area contributed by atoms with Gasteiger partial charge in [-0.25, -0.2) is 0 Å². The van der Waals surface area contributed by atoms with Crippen LogP contribution in [0, 0.1) is 0 Å². The highest BCUT2D eigenvalue weighted by Gasteiger charge is 2.17. The molecule has 3 nitrogen and oxygen atoms in total. The third-order valence-electron chi connectivity index (χ3n) is 3.90. The standard InChI is InChI=1S/C17H26N2O/c1-17(2,3)14-9-7-13(8-10-14)16(20)19-15-6-4-5-11-18-12-15/h7-10,15,18H,4-6,11-12H2,1-3H3,(H,19,20). The van der Waals surface area contributed by atoms with E-state index in [1.165, 1.54) is 18.4 Å². The molecule has 110 valence electrons. The van der Waals surface area contributed by atoms with Gasteiger partial charge in [0.1, 0.15) is 0 Å². The molecule has 1 aromatic rings. The Kier molecular flexibility index (Phi) is 4.81. The predicted octanol–water partition coefficient (Wildman–Crippen LogP) is 2.86. The summed E-state index contributed by atoms with van der Waals surface area (Å²) in [6.45, 7) is 8.48. The summed E-state index contributed by atoms with van der Waals surface area (Å²) in [6.07, 6.45) is 3.45. The molecule has 1 heterocycles. The minimum absolute atomic E-state index is 0.0409. The molecule has 1 fully saturated rings. The van der Waals surface area contributed by atoms with Crippen LogP contribution in [-0.4, -0.2) is 25.0 Å². The van der Waals surface area contributed by atoms with Gasteiger partial charge in [0.05, 0.1) is 0 Å². The highest BCUT2D eigenvalue weighted by atomic mass is 16.1. The molecule has 0 aliphatic carbocycles. The van der Waals surface area contributed by atoms with E-state index in [4.69, 9.17) is 0 Å². The molecule has 1 saturated heterocycles. The first-order valence-electron chi connectivity index (χ1n) is 7.59. The van der Waals surface area contributed by atoms with Crippen LogP contribution in [0.15, 0.2) is 24.3 Å². The molecule has 2 rings (SSSR count). The van der Waals surface area contributed by atoms with Gasteiger partial charge in [0, 0.05) is 18.2 Å². The van der Waals surface area contributed by atoms with Gasteiger partial charge in [-0.15, -0.1) is 0 Å². The molecular weight excluding hydrogens is 248 g/mol. The van der Waals surface area contributed by atoms with Gasteiger partial charge in [-0.2, -0.15) is 0 Å². The quantitative estimate of drug-likeness (QED) is 0.870. The fraction of sp³-hybridized carbons (Fsp3) is 0.588. The van der Waals surface area contributed by atoms with Gasteiger partial charge in [0.25, 0.3) is 5.91 Å². The highest BCUT2D eigenvalue weighted by molar-refractivity contribution is 5.94. The van der Waals surface area contributed by atoms with Gasteiger partial charge in [-0.3, -0.25) is 4.79 Å². The zero-order valence-corrected chi connectivity index (χ0v) is 12.8. The van der Waals surface area contributed by atoms with Crippen LogP contribution >= 0.6 is 0 Å². The Labute approximate surface area is 122 Å². The molecule has 1 atom stereocenters. The summed E-state index contributed by atoms with van der Waals surface area (Å²) < 4.78 is 0. The van der Waals surface area contributed by atoms with E-state index in [0.29, 0.717) is 0 Å². The number of hydrogen-bond donors (Lipinski definition) is 2. The van der Waals surface area contributed by atoms with Crippen molar-refractivity contribution in [3.8, 4) is 0 Å². The summed E-state index contributed by atoms with van der Waals surface area (Å²) >= 11 is 0. The average molecular weight is 274 g/mol. The second-order valence-corrected chi connectivity index (χ2v) is 6.70. The number of carbonyl (C=O) groups excluding carboxylic acids is 1. The van der Waals surface area contributed by atoms with E-state index in [-0.39, 0.29) is 17.4 Å². The van der Waals surface area contributed by atoms with E-state index >= 15 is 0 Å². The van der Waals surface area contributed by atoms with E-state index in [0.717, 1.165) is 25.1 Å². The predicted molar refractivity (Wildman–Crippen MR) is 83.1 cm³/mol. The lowest BCUT2D eigenvalue weighted by atomic mass is 9.86. The first-order valence-corrected chi connectivity index (χ1v) is 7.59. The fourth-order valence-corrected chi connectivity index (χ4v) is 2.53. The van der Waals surface area contributed by atoms with E-state index in [1.807, 2.05) is 12.1 Å². The molecule has 0 spiro atoms. The van der Waals surface area contributed by atoms with Crippen molar-refractivity contribution in [1.29, 1.82) is 0 Å². The SMILES string of the molecule is CC(C)(C)c1ccc(C(=O)NC2CCCCNC2)cc1. The maximum Gasteiger partial charge on any atom is 0.251 e.